The lowest BCUT2D eigenvalue weighted by Gasteiger charge is -2.35. The van der Waals surface area contributed by atoms with Crippen molar-refractivity contribution in [2.45, 2.75) is 46.6 Å². The average Bonchev–Trinajstić information content (AvgIpc) is 3.30. The number of hydrogen-bond donors (Lipinski definition) is 2. The Bertz CT molecular complexity index is 864. The predicted molar refractivity (Wildman–Crippen MR) is 109 cm³/mol. The lowest BCUT2D eigenvalue weighted by atomic mass is 9.93. The van der Waals surface area contributed by atoms with E-state index in [2.05, 4.69) is 34.7 Å². The van der Waals surface area contributed by atoms with E-state index in [0.29, 0.717) is 36.0 Å². The van der Waals surface area contributed by atoms with E-state index in [-0.39, 0.29) is 18.4 Å². The molecule has 0 aliphatic carbocycles. The molecule has 2 aromatic rings. The SMILES string of the molecule is Cc1sc(-n2cnnn2)c(C(=O)N2CC[C@@H](O)[C@@H](C(=O)NCCC(C)C)C2)c1C. The van der Waals surface area contributed by atoms with Crippen LogP contribution in [0.3, 0.4) is 0 Å². The molecule has 0 unspecified atom stereocenters. The fourth-order valence-corrected chi connectivity index (χ4v) is 4.50. The molecule has 2 amide bonds. The molecule has 0 bridgehead atoms. The molecule has 0 spiro atoms. The molecule has 1 saturated heterocycles. The summed E-state index contributed by atoms with van der Waals surface area (Å²) in [6, 6.07) is 0. The zero-order valence-corrected chi connectivity index (χ0v) is 18.1. The maximum atomic E-state index is 13.4. The number of nitrogens with one attached hydrogen (secondary N) is 1. The smallest absolute Gasteiger partial charge is 0.257 e. The number of carbonyl (C=O) groups is 2. The van der Waals surface area contributed by atoms with Crippen molar-refractivity contribution in [2.24, 2.45) is 11.8 Å². The first-order chi connectivity index (χ1) is 13.8. The fraction of sp³-hybridized carbons (Fsp3) is 0.632. The van der Waals surface area contributed by atoms with E-state index in [0.717, 1.165) is 16.9 Å². The highest BCUT2D eigenvalue weighted by molar-refractivity contribution is 7.15. The topological polar surface area (TPSA) is 113 Å². The van der Waals surface area contributed by atoms with Crippen molar-refractivity contribution in [2.75, 3.05) is 19.6 Å². The van der Waals surface area contributed by atoms with Crippen LogP contribution < -0.4 is 5.32 Å². The molecule has 2 aromatic heterocycles. The third kappa shape index (κ3) is 4.64. The molecule has 1 aliphatic rings. The van der Waals surface area contributed by atoms with E-state index in [9.17, 15) is 14.7 Å². The minimum atomic E-state index is -0.748. The van der Waals surface area contributed by atoms with Gasteiger partial charge in [-0.05, 0) is 48.6 Å². The van der Waals surface area contributed by atoms with E-state index >= 15 is 0 Å². The number of carbonyl (C=O) groups excluding carboxylic acids is 2. The van der Waals surface area contributed by atoms with Crippen molar-refractivity contribution in [1.82, 2.24) is 30.4 Å². The third-order valence-corrected chi connectivity index (χ3v) is 6.56. The van der Waals surface area contributed by atoms with Gasteiger partial charge in [0.05, 0.1) is 17.6 Å². The van der Waals surface area contributed by atoms with Gasteiger partial charge in [-0.15, -0.1) is 16.4 Å². The Kier molecular flexibility index (Phi) is 6.63. The number of thiophene rings is 1. The van der Waals surface area contributed by atoms with E-state index in [1.165, 1.54) is 22.3 Å². The number of tetrazole rings is 1. The van der Waals surface area contributed by atoms with Gasteiger partial charge in [-0.1, -0.05) is 13.8 Å². The number of amides is 2. The Morgan fingerprint density at radius 1 is 1.38 bits per heavy atom. The maximum absolute atomic E-state index is 13.4. The van der Waals surface area contributed by atoms with Gasteiger partial charge in [0, 0.05) is 24.5 Å². The summed E-state index contributed by atoms with van der Waals surface area (Å²) in [6.07, 6.45) is 1.96. The van der Waals surface area contributed by atoms with E-state index in [4.69, 9.17) is 0 Å². The second kappa shape index (κ2) is 9.00. The van der Waals surface area contributed by atoms with Crippen molar-refractivity contribution in [3.8, 4) is 5.00 Å². The third-order valence-electron chi connectivity index (χ3n) is 5.36. The lowest BCUT2D eigenvalue weighted by molar-refractivity contribution is -0.130. The Hall–Kier alpha value is -2.33. The van der Waals surface area contributed by atoms with Gasteiger partial charge in [0.25, 0.3) is 5.91 Å². The standard InChI is InChI=1S/C19H28N6O3S/c1-11(2)5-7-20-17(27)14-9-24(8-6-15(14)26)18(28)16-12(3)13(4)29-19(16)25-10-21-22-23-25/h10-11,14-15,26H,5-9H2,1-4H3,(H,20,27)/t14-,15+/m0/s1. The fourth-order valence-electron chi connectivity index (χ4n) is 3.43. The van der Waals surface area contributed by atoms with Crippen LogP contribution in [-0.2, 0) is 4.79 Å². The van der Waals surface area contributed by atoms with Crippen LogP contribution in [0.2, 0.25) is 0 Å². The van der Waals surface area contributed by atoms with Gasteiger partial charge in [0.2, 0.25) is 5.91 Å². The largest absolute Gasteiger partial charge is 0.392 e. The summed E-state index contributed by atoms with van der Waals surface area (Å²) in [5.74, 6) is -0.505. The van der Waals surface area contributed by atoms with Crippen LogP contribution in [0.1, 0.15) is 47.5 Å². The second-order valence-electron chi connectivity index (χ2n) is 7.91. The quantitative estimate of drug-likeness (QED) is 0.729. The summed E-state index contributed by atoms with van der Waals surface area (Å²) in [6.45, 7) is 9.21. The van der Waals surface area contributed by atoms with Gasteiger partial charge in [0.15, 0.2) is 0 Å². The highest BCUT2D eigenvalue weighted by atomic mass is 32.1. The molecule has 9 nitrogen and oxygen atoms in total. The summed E-state index contributed by atoms with van der Waals surface area (Å²) in [7, 11) is 0. The maximum Gasteiger partial charge on any atom is 0.257 e. The number of aryl methyl sites for hydroxylation is 1. The number of aromatic nitrogens is 4. The molecule has 3 heterocycles. The molecular weight excluding hydrogens is 392 g/mol. The number of piperidine rings is 1. The number of aliphatic hydroxyl groups is 1. The number of hydrogen-bond acceptors (Lipinski definition) is 7. The van der Waals surface area contributed by atoms with Gasteiger partial charge in [-0.3, -0.25) is 9.59 Å². The van der Waals surface area contributed by atoms with Crippen LogP contribution in [0.25, 0.3) is 5.00 Å². The Balaban J connectivity index is 1.77. The average molecular weight is 421 g/mol. The Morgan fingerprint density at radius 3 is 2.79 bits per heavy atom. The van der Waals surface area contributed by atoms with Gasteiger partial charge in [0.1, 0.15) is 11.3 Å². The van der Waals surface area contributed by atoms with Crippen molar-refractivity contribution in [3.63, 3.8) is 0 Å². The molecule has 0 aromatic carbocycles. The summed E-state index contributed by atoms with van der Waals surface area (Å²) in [4.78, 5) is 28.6. The summed E-state index contributed by atoms with van der Waals surface area (Å²) >= 11 is 1.46. The molecular formula is C19H28N6O3S. The number of nitrogens with zero attached hydrogens (tertiary/aromatic N) is 5. The zero-order chi connectivity index (χ0) is 21.1. The highest BCUT2D eigenvalue weighted by Crippen LogP contribution is 2.32. The number of aliphatic hydroxyl groups excluding tert-OH is 1. The highest BCUT2D eigenvalue weighted by Gasteiger charge is 2.36. The minimum Gasteiger partial charge on any atom is -0.392 e. The van der Waals surface area contributed by atoms with Crippen molar-refractivity contribution in [1.29, 1.82) is 0 Å². The van der Waals surface area contributed by atoms with Crippen LogP contribution in [0.15, 0.2) is 6.33 Å². The van der Waals surface area contributed by atoms with E-state index in [1.807, 2.05) is 13.8 Å². The molecule has 3 rings (SSSR count). The molecule has 158 valence electrons. The van der Waals surface area contributed by atoms with Gasteiger partial charge < -0.3 is 15.3 Å². The first kappa shape index (κ1) is 21.4. The summed E-state index contributed by atoms with van der Waals surface area (Å²) in [5, 5.41) is 25.2. The van der Waals surface area contributed by atoms with Gasteiger partial charge >= 0.3 is 0 Å². The monoisotopic (exact) mass is 420 g/mol. The molecule has 2 atom stereocenters. The molecule has 1 fully saturated rings. The van der Waals surface area contributed by atoms with E-state index in [1.54, 1.807) is 4.90 Å². The summed E-state index contributed by atoms with van der Waals surface area (Å²) < 4.78 is 1.49. The first-order valence-corrected chi connectivity index (χ1v) is 10.7. The van der Waals surface area contributed by atoms with Crippen molar-refractivity contribution < 1.29 is 14.7 Å². The molecule has 2 N–H and O–H groups in total. The second-order valence-corrected chi connectivity index (χ2v) is 9.11. The van der Waals surface area contributed by atoms with Crippen molar-refractivity contribution in [3.05, 3.63) is 22.3 Å². The van der Waals surface area contributed by atoms with Gasteiger partial charge in [-0.25, -0.2) is 0 Å². The van der Waals surface area contributed by atoms with Crippen LogP contribution in [-0.4, -0.2) is 67.8 Å². The minimum absolute atomic E-state index is 0.163. The number of likely N-dealkylation sites (tertiary alicyclic amines) is 1. The van der Waals surface area contributed by atoms with Crippen LogP contribution in [0.5, 0.6) is 0 Å². The first-order valence-electron chi connectivity index (χ1n) is 9.88. The number of rotatable bonds is 6. The molecule has 10 heteroatoms. The Morgan fingerprint density at radius 2 is 2.14 bits per heavy atom. The Labute approximate surface area is 174 Å². The molecule has 29 heavy (non-hydrogen) atoms. The van der Waals surface area contributed by atoms with E-state index < -0.39 is 12.0 Å². The zero-order valence-electron chi connectivity index (χ0n) is 17.3. The van der Waals surface area contributed by atoms with Crippen molar-refractivity contribution >= 4 is 23.2 Å². The lowest BCUT2D eigenvalue weighted by Crippen LogP contribution is -2.51. The molecule has 1 aliphatic heterocycles. The molecule has 0 radical (unpaired) electrons. The van der Waals surface area contributed by atoms with Gasteiger partial charge in [-0.2, -0.15) is 4.68 Å². The summed E-state index contributed by atoms with van der Waals surface area (Å²) in [5.41, 5.74) is 1.43. The normalized spacial score (nSPS) is 19.6. The molecule has 0 saturated carbocycles. The van der Waals surface area contributed by atoms with Crippen LogP contribution in [0, 0.1) is 25.7 Å². The predicted octanol–water partition coefficient (Wildman–Crippen LogP) is 1.33. The van der Waals surface area contributed by atoms with Crippen LogP contribution in [0.4, 0.5) is 0 Å². The van der Waals surface area contributed by atoms with Crippen LogP contribution >= 0.6 is 11.3 Å².